The Kier molecular flexibility index (Phi) is 3.74. The highest BCUT2D eigenvalue weighted by Crippen LogP contribution is 2.17. The Hall–Kier alpha value is -2.14. The van der Waals surface area contributed by atoms with E-state index in [1.54, 1.807) is 24.5 Å². The van der Waals surface area contributed by atoms with Gasteiger partial charge in [-0.2, -0.15) is 0 Å². The minimum atomic E-state index is -0.238. The van der Waals surface area contributed by atoms with Crippen molar-refractivity contribution < 1.29 is 4.74 Å². The van der Waals surface area contributed by atoms with Crippen molar-refractivity contribution >= 4 is 0 Å². The summed E-state index contributed by atoms with van der Waals surface area (Å²) in [5.74, 6) is 0.643. The van der Waals surface area contributed by atoms with Crippen LogP contribution in [-0.2, 0) is 13.1 Å². The smallest absolute Gasteiger partial charge is 0.313 e. The second-order valence-corrected chi connectivity index (χ2v) is 3.78. The van der Waals surface area contributed by atoms with Gasteiger partial charge in [-0.25, -0.2) is 4.98 Å². The summed E-state index contributed by atoms with van der Waals surface area (Å²) in [4.78, 5) is 15.9. The number of nitrogens with zero attached hydrogens (tertiary/aromatic N) is 2. The molecular weight excluding hydrogens is 230 g/mol. The maximum atomic E-state index is 11.9. The van der Waals surface area contributed by atoms with Gasteiger partial charge in [0, 0.05) is 25.5 Å². The summed E-state index contributed by atoms with van der Waals surface area (Å²) in [6.07, 6.45) is 3.18. The van der Waals surface area contributed by atoms with Gasteiger partial charge in [-0.3, -0.25) is 4.79 Å². The maximum absolute atomic E-state index is 11.9. The van der Waals surface area contributed by atoms with Crippen molar-refractivity contribution in [3.05, 3.63) is 52.6 Å². The zero-order valence-electron chi connectivity index (χ0n) is 10.2. The fourth-order valence-corrected chi connectivity index (χ4v) is 1.59. The summed E-state index contributed by atoms with van der Waals surface area (Å²) >= 11 is 0. The topological polar surface area (TPSA) is 70.1 Å². The van der Waals surface area contributed by atoms with Crippen LogP contribution in [0, 0.1) is 0 Å². The van der Waals surface area contributed by atoms with Crippen LogP contribution in [0.15, 0.2) is 41.5 Å². The van der Waals surface area contributed by atoms with Crippen LogP contribution in [-0.4, -0.2) is 9.55 Å². The summed E-state index contributed by atoms with van der Waals surface area (Å²) in [7, 11) is 0. The zero-order chi connectivity index (χ0) is 13.0. The van der Waals surface area contributed by atoms with Gasteiger partial charge in [-0.15, -0.1) is 0 Å². The molecule has 1 aromatic carbocycles. The molecule has 0 saturated heterocycles. The molecule has 2 aromatic rings. The molecule has 0 fully saturated rings. The van der Waals surface area contributed by atoms with Crippen molar-refractivity contribution in [1.29, 1.82) is 0 Å². The van der Waals surface area contributed by atoms with E-state index in [1.807, 2.05) is 19.1 Å². The number of benzene rings is 1. The lowest BCUT2D eigenvalue weighted by Crippen LogP contribution is -2.20. The van der Waals surface area contributed by atoms with Crippen LogP contribution < -0.4 is 16.0 Å². The van der Waals surface area contributed by atoms with Crippen LogP contribution in [0.5, 0.6) is 11.6 Å². The molecule has 0 aliphatic heterocycles. The second kappa shape index (κ2) is 5.46. The third-order valence-corrected chi connectivity index (χ3v) is 2.57. The lowest BCUT2D eigenvalue weighted by atomic mass is 10.2. The first-order valence-corrected chi connectivity index (χ1v) is 5.77. The SMILES string of the molecule is CCn1ccnc(Oc2cccc(CN)c2)c1=O. The quantitative estimate of drug-likeness (QED) is 0.886. The van der Waals surface area contributed by atoms with Gasteiger partial charge < -0.3 is 15.0 Å². The molecule has 2 N–H and O–H groups in total. The van der Waals surface area contributed by atoms with Crippen LogP contribution in [0.3, 0.4) is 0 Å². The molecular formula is C13H15N3O2. The highest BCUT2D eigenvalue weighted by Gasteiger charge is 2.06. The average molecular weight is 245 g/mol. The number of ether oxygens (including phenoxy) is 1. The molecule has 5 nitrogen and oxygen atoms in total. The van der Waals surface area contributed by atoms with E-state index in [0.717, 1.165) is 5.56 Å². The molecule has 5 heteroatoms. The van der Waals surface area contributed by atoms with Gasteiger partial charge >= 0.3 is 5.56 Å². The number of aryl methyl sites for hydroxylation is 1. The van der Waals surface area contributed by atoms with Gasteiger partial charge in [0.1, 0.15) is 5.75 Å². The normalized spacial score (nSPS) is 10.3. The molecule has 0 spiro atoms. The molecule has 0 aliphatic rings. The molecule has 2 rings (SSSR count). The summed E-state index contributed by atoms with van der Waals surface area (Å²) in [5.41, 5.74) is 6.26. The molecule has 0 unspecified atom stereocenters. The van der Waals surface area contributed by atoms with Crippen molar-refractivity contribution in [1.82, 2.24) is 9.55 Å². The average Bonchev–Trinajstić information content (AvgIpc) is 2.41. The summed E-state index contributed by atoms with van der Waals surface area (Å²) in [6.45, 7) is 2.90. The third-order valence-electron chi connectivity index (χ3n) is 2.57. The van der Waals surface area contributed by atoms with Crippen LogP contribution in [0.2, 0.25) is 0 Å². The van der Waals surface area contributed by atoms with E-state index >= 15 is 0 Å². The number of nitrogens with two attached hydrogens (primary N) is 1. The highest BCUT2D eigenvalue weighted by atomic mass is 16.5. The predicted molar refractivity (Wildman–Crippen MR) is 68.6 cm³/mol. The molecule has 1 heterocycles. The largest absolute Gasteiger partial charge is 0.435 e. The van der Waals surface area contributed by atoms with Crippen LogP contribution in [0.4, 0.5) is 0 Å². The Morgan fingerprint density at radius 2 is 2.28 bits per heavy atom. The Balaban J connectivity index is 2.31. The number of hydrogen-bond acceptors (Lipinski definition) is 4. The molecule has 0 radical (unpaired) electrons. The van der Waals surface area contributed by atoms with Crippen molar-refractivity contribution in [3.63, 3.8) is 0 Å². The first-order chi connectivity index (χ1) is 8.74. The molecule has 0 amide bonds. The van der Waals surface area contributed by atoms with E-state index in [4.69, 9.17) is 10.5 Å². The van der Waals surface area contributed by atoms with Crippen LogP contribution >= 0.6 is 0 Å². The number of aromatic nitrogens is 2. The molecule has 0 bridgehead atoms. The van der Waals surface area contributed by atoms with Gasteiger partial charge in [0.2, 0.25) is 0 Å². The van der Waals surface area contributed by atoms with Crippen LogP contribution in [0.1, 0.15) is 12.5 Å². The lowest BCUT2D eigenvalue weighted by Gasteiger charge is -2.07. The molecule has 0 aliphatic carbocycles. The predicted octanol–water partition coefficient (Wildman–Crippen LogP) is 1.51. The molecule has 1 aromatic heterocycles. The van der Waals surface area contributed by atoms with Crippen LogP contribution in [0.25, 0.3) is 0 Å². The van der Waals surface area contributed by atoms with Crippen molar-refractivity contribution in [2.75, 3.05) is 0 Å². The number of rotatable bonds is 4. The molecule has 0 atom stereocenters. The summed E-state index contributed by atoms with van der Waals surface area (Å²) < 4.78 is 7.03. The van der Waals surface area contributed by atoms with E-state index in [-0.39, 0.29) is 11.4 Å². The first kappa shape index (κ1) is 12.3. The first-order valence-electron chi connectivity index (χ1n) is 5.77. The highest BCUT2D eigenvalue weighted by molar-refractivity contribution is 5.30. The third kappa shape index (κ3) is 2.57. The van der Waals surface area contributed by atoms with Crippen molar-refractivity contribution in [2.45, 2.75) is 20.0 Å². The summed E-state index contributed by atoms with van der Waals surface area (Å²) in [5, 5.41) is 0. The molecule has 94 valence electrons. The Morgan fingerprint density at radius 3 is 3.00 bits per heavy atom. The molecule has 0 saturated carbocycles. The van der Waals surface area contributed by atoms with Gasteiger partial charge in [-0.1, -0.05) is 12.1 Å². The van der Waals surface area contributed by atoms with Gasteiger partial charge in [0.25, 0.3) is 5.88 Å². The van der Waals surface area contributed by atoms with E-state index in [0.29, 0.717) is 18.8 Å². The van der Waals surface area contributed by atoms with Gasteiger partial charge in [0.05, 0.1) is 0 Å². The fraction of sp³-hybridized carbons (Fsp3) is 0.231. The van der Waals surface area contributed by atoms with E-state index < -0.39 is 0 Å². The maximum Gasteiger partial charge on any atom is 0.313 e. The van der Waals surface area contributed by atoms with Gasteiger partial charge in [0.15, 0.2) is 0 Å². The molecule has 18 heavy (non-hydrogen) atoms. The van der Waals surface area contributed by atoms with E-state index in [9.17, 15) is 4.79 Å². The summed E-state index contributed by atoms with van der Waals surface area (Å²) in [6, 6.07) is 7.29. The van der Waals surface area contributed by atoms with Gasteiger partial charge in [-0.05, 0) is 24.6 Å². The fourth-order valence-electron chi connectivity index (χ4n) is 1.59. The van der Waals surface area contributed by atoms with E-state index in [2.05, 4.69) is 4.98 Å². The Morgan fingerprint density at radius 1 is 1.44 bits per heavy atom. The monoisotopic (exact) mass is 245 g/mol. The Labute approximate surface area is 105 Å². The minimum absolute atomic E-state index is 0.0773. The number of hydrogen-bond donors (Lipinski definition) is 1. The van der Waals surface area contributed by atoms with Crippen molar-refractivity contribution in [2.24, 2.45) is 5.73 Å². The van der Waals surface area contributed by atoms with E-state index in [1.165, 1.54) is 4.57 Å². The Bertz CT molecular complexity index is 593. The van der Waals surface area contributed by atoms with Crippen molar-refractivity contribution in [3.8, 4) is 11.6 Å². The standard InChI is InChI=1S/C13H15N3O2/c1-2-16-7-6-15-12(13(16)17)18-11-5-3-4-10(8-11)9-14/h3-8H,2,9,14H2,1H3. The second-order valence-electron chi connectivity index (χ2n) is 3.78. The lowest BCUT2D eigenvalue weighted by molar-refractivity contribution is 0.445. The minimum Gasteiger partial charge on any atom is -0.435 e. The zero-order valence-corrected chi connectivity index (χ0v) is 10.2.